The van der Waals surface area contributed by atoms with E-state index in [1.165, 1.54) is 12.8 Å². The predicted octanol–water partition coefficient (Wildman–Crippen LogP) is 3.37. The van der Waals surface area contributed by atoms with Gasteiger partial charge in [0.25, 0.3) is 0 Å². The second kappa shape index (κ2) is 7.09. The summed E-state index contributed by atoms with van der Waals surface area (Å²) in [5.41, 5.74) is 3.47. The molecular weight excluding hydrogens is 396 g/mol. The van der Waals surface area contributed by atoms with Gasteiger partial charge in [0.1, 0.15) is 0 Å². The molecule has 1 saturated heterocycles. The van der Waals surface area contributed by atoms with Gasteiger partial charge in [-0.25, -0.2) is 4.79 Å². The minimum atomic E-state index is -0.384. The third-order valence-electron chi connectivity index (χ3n) is 6.53. The minimum absolute atomic E-state index is 0.109. The Morgan fingerprint density at radius 1 is 1.10 bits per heavy atom. The molecule has 6 rings (SSSR count). The molecule has 1 aromatic carbocycles. The molecule has 0 unspecified atom stereocenters. The van der Waals surface area contributed by atoms with Crippen molar-refractivity contribution in [3.8, 4) is 11.1 Å². The van der Waals surface area contributed by atoms with Crippen molar-refractivity contribution in [3.05, 3.63) is 30.6 Å². The van der Waals surface area contributed by atoms with Crippen LogP contribution >= 0.6 is 0 Å². The van der Waals surface area contributed by atoms with Crippen molar-refractivity contribution in [1.29, 1.82) is 0 Å². The summed E-state index contributed by atoms with van der Waals surface area (Å²) in [6.45, 7) is 3.27. The number of ether oxygens (including phenoxy) is 2. The zero-order valence-electron chi connectivity index (χ0n) is 17.6. The highest BCUT2D eigenvalue weighted by Gasteiger charge is 2.42. The van der Waals surface area contributed by atoms with Gasteiger partial charge in [-0.2, -0.15) is 5.10 Å². The third-order valence-corrected chi connectivity index (χ3v) is 6.53. The second-order valence-corrected chi connectivity index (χ2v) is 9.13. The second-order valence-electron chi connectivity index (χ2n) is 9.13. The molecule has 1 atom stereocenters. The highest BCUT2D eigenvalue weighted by Crippen LogP contribution is 2.43. The van der Waals surface area contributed by atoms with Crippen molar-refractivity contribution in [3.63, 3.8) is 0 Å². The molecule has 2 aliphatic heterocycles. The fourth-order valence-corrected chi connectivity index (χ4v) is 4.35. The van der Waals surface area contributed by atoms with Gasteiger partial charge in [0, 0.05) is 24.2 Å². The van der Waals surface area contributed by atoms with Crippen molar-refractivity contribution in [2.24, 2.45) is 5.92 Å². The van der Waals surface area contributed by atoms with Gasteiger partial charge >= 0.3 is 6.09 Å². The van der Waals surface area contributed by atoms with Crippen LogP contribution in [0.2, 0.25) is 0 Å². The van der Waals surface area contributed by atoms with Crippen LogP contribution in [0.5, 0.6) is 0 Å². The summed E-state index contributed by atoms with van der Waals surface area (Å²) in [6, 6.07) is 6.36. The molecule has 1 aromatic heterocycles. The molecule has 3 heterocycles. The zero-order chi connectivity index (χ0) is 21.1. The summed E-state index contributed by atoms with van der Waals surface area (Å²) in [4.78, 5) is 29.6. The van der Waals surface area contributed by atoms with E-state index in [2.05, 4.69) is 11.3 Å². The Balaban J connectivity index is 1.37. The fourth-order valence-electron chi connectivity index (χ4n) is 4.35. The summed E-state index contributed by atoms with van der Waals surface area (Å²) in [7, 11) is 0. The van der Waals surface area contributed by atoms with Gasteiger partial charge in [-0.3, -0.25) is 14.4 Å². The quantitative estimate of drug-likeness (QED) is 0.755. The van der Waals surface area contributed by atoms with Gasteiger partial charge in [0.2, 0.25) is 5.91 Å². The van der Waals surface area contributed by atoms with Crippen LogP contribution in [-0.4, -0.2) is 53.7 Å². The molecule has 3 fully saturated rings. The molecule has 2 aliphatic carbocycles. The van der Waals surface area contributed by atoms with Crippen LogP contribution in [0.4, 0.5) is 16.2 Å². The summed E-state index contributed by atoms with van der Waals surface area (Å²) in [5, 5.41) is 4.50. The topological polar surface area (TPSA) is 76.9 Å². The first-order valence-corrected chi connectivity index (χ1v) is 11.2. The molecule has 4 aliphatic rings. The highest BCUT2D eigenvalue weighted by atomic mass is 16.6. The van der Waals surface area contributed by atoms with E-state index in [4.69, 9.17) is 9.47 Å². The van der Waals surface area contributed by atoms with Gasteiger partial charge in [-0.15, -0.1) is 0 Å². The van der Waals surface area contributed by atoms with E-state index in [0.29, 0.717) is 31.5 Å². The number of aromatic nitrogens is 2. The van der Waals surface area contributed by atoms with E-state index in [1.54, 1.807) is 4.90 Å². The summed E-state index contributed by atoms with van der Waals surface area (Å²) >= 11 is 0. The normalized spacial score (nSPS) is 23.3. The van der Waals surface area contributed by atoms with Crippen molar-refractivity contribution < 1.29 is 19.1 Å². The number of hydrogen-bond donors (Lipinski definition) is 0. The molecule has 0 radical (unpaired) electrons. The van der Waals surface area contributed by atoms with Crippen LogP contribution in [0, 0.1) is 5.92 Å². The van der Waals surface area contributed by atoms with E-state index in [-0.39, 0.29) is 30.1 Å². The predicted molar refractivity (Wildman–Crippen MR) is 114 cm³/mol. The molecule has 8 nitrogen and oxygen atoms in total. The van der Waals surface area contributed by atoms with Crippen molar-refractivity contribution in [1.82, 2.24) is 9.78 Å². The van der Waals surface area contributed by atoms with Crippen molar-refractivity contribution >= 4 is 23.4 Å². The highest BCUT2D eigenvalue weighted by molar-refractivity contribution is 6.05. The minimum Gasteiger partial charge on any atom is -0.441 e. The number of fused-ring (bicyclic) bond motifs is 1. The number of benzene rings is 1. The van der Waals surface area contributed by atoms with Gasteiger partial charge in [-0.1, -0.05) is 6.07 Å². The molecule has 0 spiro atoms. The lowest BCUT2D eigenvalue weighted by Crippen LogP contribution is -2.53. The number of hydrogen-bond acceptors (Lipinski definition) is 5. The van der Waals surface area contributed by atoms with Crippen LogP contribution in [-0.2, 0) is 14.3 Å². The van der Waals surface area contributed by atoms with Crippen LogP contribution in [0.1, 0.15) is 38.6 Å². The summed E-state index contributed by atoms with van der Waals surface area (Å²) in [6.07, 6.45) is 7.59. The van der Waals surface area contributed by atoms with Crippen molar-refractivity contribution in [2.75, 3.05) is 29.6 Å². The standard InChI is InChI=1S/C23H26N4O4/c1-14-10-25(23(29)31-19-12-30-13-19)21-8-16(17-9-24-26(11-17)18-5-6-18)4-7-20(21)27(14)22(28)15-2-3-15/h4,7-9,11,14-15,18-19H,2-3,5-6,10,12-13H2,1H3/t14-/m0/s1. The van der Waals surface area contributed by atoms with Crippen molar-refractivity contribution in [2.45, 2.75) is 50.8 Å². The van der Waals surface area contributed by atoms with Crippen LogP contribution in [0.3, 0.4) is 0 Å². The van der Waals surface area contributed by atoms with Gasteiger partial charge in [0.15, 0.2) is 6.10 Å². The Kier molecular flexibility index (Phi) is 4.31. The monoisotopic (exact) mass is 422 g/mol. The van der Waals surface area contributed by atoms with E-state index in [1.807, 2.05) is 40.9 Å². The maximum absolute atomic E-state index is 13.0. The molecule has 8 heteroatoms. The van der Waals surface area contributed by atoms with Gasteiger partial charge in [0.05, 0.1) is 42.9 Å². The lowest BCUT2D eigenvalue weighted by atomic mass is 10.0. The molecule has 0 bridgehead atoms. The zero-order valence-corrected chi connectivity index (χ0v) is 17.6. The Morgan fingerprint density at radius 2 is 1.90 bits per heavy atom. The number of amides is 2. The van der Waals surface area contributed by atoms with Gasteiger partial charge in [-0.05, 0) is 50.3 Å². The Morgan fingerprint density at radius 3 is 2.58 bits per heavy atom. The average Bonchev–Trinajstić information content (AvgIpc) is 3.67. The molecule has 31 heavy (non-hydrogen) atoms. The van der Waals surface area contributed by atoms with Crippen LogP contribution in [0.15, 0.2) is 30.6 Å². The smallest absolute Gasteiger partial charge is 0.414 e. The molecule has 162 valence electrons. The molecule has 2 amide bonds. The largest absolute Gasteiger partial charge is 0.441 e. The number of carbonyl (C=O) groups excluding carboxylic acids is 2. The summed E-state index contributed by atoms with van der Waals surface area (Å²) < 4.78 is 12.8. The Hall–Kier alpha value is -2.87. The van der Waals surface area contributed by atoms with Crippen LogP contribution < -0.4 is 9.80 Å². The first kappa shape index (κ1) is 18.9. The SMILES string of the molecule is C[C@H]1CN(C(=O)OC2COC2)c2cc(-c3cnn(C4CC4)c3)ccc2N1C(=O)C1CC1. The molecular formula is C23H26N4O4. The number of carbonyl (C=O) groups is 2. The van der Waals surface area contributed by atoms with E-state index in [0.717, 1.165) is 29.7 Å². The van der Waals surface area contributed by atoms with E-state index < -0.39 is 0 Å². The maximum Gasteiger partial charge on any atom is 0.414 e. The first-order valence-electron chi connectivity index (χ1n) is 11.2. The Bertz CT molecular complexity index is 1040. The Labute approximate surface area is 180 Å². The van der Waals surface area contributed by atoms with Crippen LogP contribution in [0.25, 0.3) is 11.1 Å². The number of nitrogens with zero attached hydrogens (tertiary/aromatic N) is 4. The first-order chi connectivity index (χ1) is 15.1. The lowest BCUT2D eigenvalue weighted by molar-refractivity contribution is -0.120. The fraction of sp³-hybridized carbons (Fsp3) is 0.522. The van der Waals surface area contributed by atoms with Gasteiger partial charge < -0.3 is 14.4 Å². The number of anilines is 2. The van der Waals surface area contributed by atoms with E-state index >= 15 is 0 Å². The maximum atomic E-state index is 13.0. The third kappa shape index (κ3) is 3.39. The van der Waals surface area contributed by atoms with E-state index in [9.17, 15) is 9.59 Å². The molecule has 2 aromatic rings. The molecule has 0 N–H and O–H groups in total. The molecule has 2 saturated carbocycles. The summed E-state index contributed by atoms with van der Waals surface area (Å²) in [5.74, 6) is 0.265. The number of rotatable bonds is 4. The lowest BCUT2D eigenvalue weighted by Gasteiger charge is -2.41. The average molecular weight is 422 g/mol.